The number of benzene rings is 1. The molecule has 0 saturated heterocycles. The van der Waals surface area contributed by atoms with Crippen LogP contribution < -0.4 is 0 Å². The van der Waals surface area contributed by atoms with Crippen molar-refractivity contribution in [2.24, 2.45) is 0 Å². The van der Waals surface area contributed by atoms with Crippen LogP contribution in [0.4, 0.5) is 0 Å². The highest BCUT2D eigenvalue weighted by Crippen LogP contribution is 2.03. The van der Waals surface area contributed by atoms with Crippen molar-refractivity contribution >= 4 is 0 Å². The van der Waals surface area contributed by atoms with Crippen molar-refractivity contribution in [1.29, 1.82) is 0 Å². The molecule has 1 nitrogen and oxygen atoms in total. The van der Waals surface area contributed by atoms with Gasteiger partial charge in [-0.2, -0.15) is 0 Å². The van der Waals surface area contributed by atoms with Crippen molar-refractivity contribution in [1.82, 2.24) is 0 Å². The van der Waals surface area contributed by atoms with Gasteiger partial charge in [-0.15, -0.1) is 0 Å². The Morgan fingerprint density at radius 2 is 1.91 bits per heavy atom. The summed E-state index contributed by atoms with van der Waals surface area (Å²) in [6.07, 6.45) is 1.31. The summed E-state index contributed by atoms with van der Waals surface area (Å²) in [6, 6.07) is 10.4. The molecule has 1 aromatic carbocycles. The van der Waals surface area contributed by atoms with Crippen LogP contribution in [0.2, 0.25) is 0 Å². The van der Waals surface area contributed by atoms with E-state index in [0.717, 1.165) is 6.42 Å². The minimum absolute atomic E-state index is 0.317. The van der Waals surface area contributed by atoms with Crippen LogP contribution in [0.1, 0.15) is 12.5 Å². The van der Waals surface area contributed by atoms with Gasteiger partial charge >= 0.3 is 0 Å². The highest BCUT2D eigenvalue weighted by molar-refractivity contribution is 5.15. The fourth-order valence-electron chi connectivity index (χ4n) is 1.03. The lowest BCUT2D eigenvalue weighted by molar-refractivity contribution is 0.119. The Balaban J connectivity index is 2.51. The van der Waals surface area contributed by atoms with Gasteiger partial charge in [-0.25, -0.2) is 0 Å². The maximum atomic E-state index is 5.15. The molecule has 0 saturated carbocycles. The van der Waals surface area contributed by atoms with E-state index in [2.05, 4.69) is 31.2 Å². The number of hydrogen-bond donors (Lipinski definition) is 0. The van der Waals surface area contributed by atoms with Crippen LogP contribution in [0, 0.1) is 0 Å². The van der Waals surface area contributed by atoms with Crippen LogP contribution in [0.25, 0.3) is 0 Å². The zero-order valence-corrected chi connectivity index (χ0v) is 7.08. The second kappa shape index (κ2) is 4.14. The van der Waals surface area contributed by atoms with E-state index < -0.39 is 0 Å². The maximum absolute atomic E-state index is 5.15. The molecule has 0 bridgehead atoms. The number of ether oxygens (including phenoxy) is 1. The molecular formula is C10H14O. The summed E-state index contributed by atoms with van der Waals surface area (Å²) in [6.45, 7) is 2.08. The van der Waals surface area contributed by atoms with Crippen LogP contribution in [0.3, 0.4) is 0 Å². The Morgan fingerprint density at radius 1 is 1.27 bits per heavy atom. The Labute approximate surface area is 68.0 Å². The molecule has 0 aliphatic carbocycles. The Morgan fingerprint density at radius 3 is 2.45 bits per heavy atom. The van der Waals surface area contributed by atoms with Gasteiger partial charge in [-0.05, 0) is 18.9 Å². The maximum Gasteiger partial charge on any atom is 0.0583 e. The molecule has 1 aromatic rings. The van der Waals surface area contributed by atoms with Gasteiger partial charge in [0.05, 0.1) is 6.10 Å². The van der Waals surface area contributed by atoms with Crippen molar-refractivity contribution in [3.05, 3.63) is 35.9 Å². The molecule has 0 amide bonds. The zero-order chi connectivity index (χ0) is 8.10. The number of rotatable bonds is 3. The first-order valence-corrected chi connectivity index (χ1v) is 3.89. The summed E-state index contributed by atoms with van der Waals surface area (Å²) in [5.74, 6) is 0. The largest absolute Gasteiger partial charge is 0.381 e. The van der Waals surface area contributed by atoms with E-state index in [1.807, 2.05) is 6.07 Å². The van der Waals surface area contributed by atoms with Crippen molar-refractivity contribution in [3.63, 3.8) is 0 Å². The Kier molecular flexibility index (Phi) is 3.12. The van der Waals surface area contributed by atoms with E-state index in [0.29, 0.717) is 6.10 Å². The topological polar surface area (TPSA) is 9.23 Å². The molecule has 0 fully saturated rings. The third-order valence-corrected chi connectivity index (χ3v) is 1.77. The summed E-state index contributed by atoms with van der Waals surface area (Å²) in [4.78, 5) is 0. The second-order valence-electron chi connectivity index (χ2n) is 2.74. The molecular weight excluding hydrogens is 136 g/mol. The van der Waals surface area contributed by atoms with Crippen molar-refractivity contribution in [2.75, 3.05) is 7.11 Å². The van der Waals surface area contributed by atoms with E-state index in [9.17, 15) is 0 Å². The highest BCUT2D eigenvalue weighted by atomic mass is 16.5. The number of hydrogen-bond acceptors (Lipinski definition) is 1. The molecule has 0 unspecified atom stereocenters. The van der Waals surface area contributed by atoms with Crippen molar-refractivity contribution in [3.8, 4) is 0 Å². The molecule has 0 aliphatic heterocycles. The van der Waals surface area contributed by atoms with Gasteiger partial charge in [0, 0.05) is 7.11 Å². The van der Waals surface area contributed by atoms with Gasteiger partial charge < -0.3 is 4.74 Å². The zero-order valence-electron chi connectivity index (χ0n) is 7.08. The predicted molar refractivity (Wildman–Crippen MR) is 46.6 cm³/mol. The predicted octanol–water partition coefficient (Wildman–Crippen LogP) is 2.26. The summed E-state index contributed by atoms with van der Waals surface area (Å²) in [5, 5.41) is 0. The molecule has 0 heterocycles. The van der Waals surface area contributed by atoms with E-state index in [1.165, 1.54) is 5.56 Å². The second-order valence-corrected chi connectivity index (χ2v) is 2.74. The molecule has 1 heteroatoms. The minimum Gasteiger partial charge on any atom is -0.381 e. The number of methoxy groups -OCH3 is 1. The van der Waals surface area contributed by atoms with Gasteiger partial charge in [0.25, 0.3) is 0 Å². The Bertz CT molecular complexity index is 193. The molecule has 0 N–H and O–H groups in total. The standard InChI is InChI=1S/C10H14O/c1-9(11-2)8-10-6-4-3-5-7-10/h3-7,9H,8H2,1-2H3/t9-/m1/s1. The first-order chi connectivity index (χ1) is 5.33. The van der Waals surface area contributed by atoms with Crippen LogP contribution in [0.5, 0.6) is 0 Å². The van der Waals surface area contributed by atoms with Gasteiger partial charge in [-0.3, -0.25) is 0 Å². The SMILES string of the molecule is CO[C@H](C)Cc1ccccc1. The lowest BCUT2D eigenvalue weighted by Crippen LogP contribution is -2.07. The molecule has 11 heavy (non-hydrogen) atoms. The molecule has 0 aliphatic rings. The van der Waals surface area contributed by atoms with Gasteiger partial charge in [0.2, 0.25) is 0 Å². The lowest BCUT2D eigenvalue weighted by atomic mass is 10.1. The van der Waals surface area contributed by atoms with Crippen molar-refractivity contribution in [2.45, 2.75) is 19.4 Å². The minimum atomic E-state index is 0.317. The fourth-order valence-corrected chi connectivity index (χ4v) is 1.03. The normalized spacial score (nSPS) is 12.9. The van der Waals surface area contributed by atoms with Crippen LogP contribution in [0.15, 0.2) is 30.3 Å². The average molecular weight is 150 g/mol. The Hall–Kier alpha value is -0.820. The smallest absolute Gasteiger partial charge is 0.0583 e. The molecule has 0 spiro atoms. The van der Waals surface area contributed by atoms with Crippen LogP contribution >= 0.6 is 0 Å². The van der Waals surface area contributed by atoms with E-state index in [1.54, 1.807) is 7.11 Å². The quantitative estimate of drug-likeness (QED) is 0.642. The average Bonchev–Trinajstić information content (AvgIpc) is 2.06. The highest BCUT2D eigenvalue weighted by Gasteiger charge is 1.99. The van der Waals surface area contributed by atoms with Crippen LogP contribution in [-0.4, -0.2) is 13.2 Å². The van der Waals surface area contributed by atoms with Gasteiger partial charge in [0.15, 0.2) is 0 Å². The van der Waals surface area contributed by atoms with Crippen LogP contribution in [-0.2, 0) is 11.2 Å². The first-order valence-electron chi connectivity index (χ1n) is 3.89. The lowest BCUT2D eigenvalue weighted by Gasteiger charge is -2.08. The van der Waals surface area contributed by atoms with Crippen molar-refractivity contribution < 1.29 is 4.74 Å². The molecule has 60 valence electrons. The summed E-state index contributed by atoms with van der Waals surface area (Å²) in [5.41, 5.74) is 1.34. The van der Waals surface area contributed by atoms with Gasteiger partial charge in [-0.1, -0.05) is 30.3 Å². The van der Waals surface area contributed by atoms with E-state index in [4.69, 9.17) is 4.74 Å². The third kappa shape index (κ3) is 2.72. The fraction of sp³-hybridized carbons (Fsp3) is 0.400. The summed E-state index contributed by atoms with van der Waals surface area (Å²) < 4.78 is 5.15. The summed E-state index contributed by atoms with van der Waals surface area (Å²) in [7, 11) is 1.74. The first kappa shape index (κ1) is 8.28. The van der Waals surface area contributed by atoms with Gasteiger partial charge in [0.1, 0.15) is 0 Å². The summed E-state index contributed by atoms with van der Waals surface area (Å²) >= 11 is 0. The third-order valence-electron chi connectivity index (χ3n) is 1.77. The molecule has 1 atom stereocenters. The molecule has 0 aromatic heterocycles. The van der Waals surface area contributed by atoms with E-state index >= 15 is 0 Å². The molecule has 0 radical (unpaired) electrons. The molecule has 1 rings (SSSR count). The monoisotopic (exact) mass is 150 g/mol. The van der Waals surface area contributed by atoms with E-state index in [-0.39, 0.29) is 0 Å².